The monoisotopic (exact) mass is 272 g/mol. The summed E-state index contributed by atoms with van der Waals surface area (Å²) in [5.41, 5.74) is 4.51. The molecule has 1 aliphatic heterocycles. The van der Waals surface area contributed by atoms with E-state index in [1.54, 1.807) is 4.90 Å². The minimum atomic E-state index is -0.494. The van der Waals surface area contributed by atoms with E-state index in [9.17, 15) is 15.0 Å². The Labute approximate surface area is 115 Å². The molecule has 0 spiro atoms. The summed E-state index contributed by atoms with van der Waals surface area (Å²) in [5, 5.41) is 18.8. The smallest absolute Gasteiger partial charge is 0.315 e. The number of piperidine rings is 1. The van der Waals surface area contributed by atoms with Gasteiger partial charge in [0.25, 0.3) is 0 Å². The molecule has 0 atom stereocenters. The van der Waals surface area contributed by atoms with Crippen molar-refractivity contribution in [3.63, 3.8) is 0 Å². The first kappa shape index (κ1) is 16.2. The minimum absolute atomic E-state index is 0.0520. The molecule has 1 fully saturated rings. The summed E-state index contributed by atoms with van der Waals surface area (Å²) >= 11 is 0. The van der Waals surface area contributed by atoms with Crippen LogP contribution in [0.15, 0.2) is 0 Å². The number of primary amides is 1. The molecule has 1 heterocycles. The van der Waals surface area contributed by atoms with Crippen LogP contribution in [0.3, 0.4) is 0 Å². The fraction of sp³-hybridized carbons (Fsp3) is 0.929. The lowest BCUT2D eigenvalue weighted by atomic mass is 9.58. The third-order valence-electron chi connectivity index (χ3n) is 5.08. The van der Waals surface area contributed by atoms with E-state index in [1.807, 2.05) is 27.7 Å². The Hall–Kier alpha value is -0.810. The number of amides is 2. The van der Waals surface area contributed by atoms with Crippen molar-refractivity contribution in [2.75, 3.05) is 13.2 Å². The van der Waals surface area contributed by atoms with Crippen LogP contribution in [0.2, 0.25) is 0 Å². The Morgan fingerprint density at radius 2 is 1.58 bits per heavy atom. The van der Waals surface area contributed by atoms with E-state index in [2.05, 4.69) is 0 Å². The number of aliphatic hydroxyl groups is 2. The molecule has 5 heteroatoms. The van der Waals surface area contributed by atoms with Gasteiger partial charge in [0, 0.05) is 24.3 Å². The van der Waals surface area contributed by atoms with E-state index in [-0.39, 0.29) is 24.2 Å². The Balaban J connectivity index is 3.26. The van der Waals surface area contributed by atoms with Crippen molar-refractivity contribution in [1.82, 2.24) is 4.90 Å². The number of hydrogen-bond acceptors (Lipinski definition) is 3. The van der Waals surface area contributed by atoms with Gasteiger partial charge in [-0.3, -0.25) is 0 Å². The standard InChI is InChI=1S/C14H28N2O3/c1-12(2)5-6-14(7-9-17,8-10-18)13(3,4)16(12)11(15)19/h17-18H,5-10H2,1-4H3,(H2,15,19). The van der Waals surface area contributed by atoms with Crippen LogP contribution >= 0.6 is 0 Å². The van der Waals surface area contributed by atoms with E-state index in [0.29, 0.717) is 12.8 Å². The molecule has 1 saturated heterocycles. The van der Waals surface area contributed by atoms with Crippen LogP contribution in [0, 0.1) is 5.41 Å². The van der Waals surface area contributed by atoms with Gasteiger partial charge >= 0.3 is 6.03 Å². The molecule has 5 nitrogen and oxygen atoms in total. The normalized spacial score (nSPS) is 24.2. The third-order valence-corrected chi connectivity index (χ3v) is 5.08. The summed E-state index contributed by atoms with van der Waals surface area (Å²) in [5.74, 6) is 0. The molecule has 19 heavy (non-hydrogen) atoms. The van der Waals surface area contributed by atoms with E-state index >= 15 is 0 Å². The predicted octanol–water partition coefficient (Wildman–Crippen LogP) is 1.47. The molecule has 0 unspecified atom stereocenters. The van der Waals surface area contributed by atoms with Crippen LogP contribution in [0.5, 0.6) is 0 Å². The Kier molecular flexibility index (Phi) is 4.52. The van der Waals surface area contributed by atoms with Crippen molar-refractivity contribution in [2.45, 2.75) is 64.5 Å². The summed E-state index contributed by atoms with van der Waals surface area (Å²) in [6.07, 6.45) is 2.83. The van der Waals surface area contributed by atoms with Gasteiger partial charge < -0.3 is 20.8 Å². The zero-order chi connectivity index (χ0) is 14.9. The molecule has 0 aliphatic carbocycles. The first-order chi connectivity index (χ1) is 8.64. The van der Waals surface area contributed by atoms with E-state index < -0.39 is 11.6 Å². The molecule has 0 bridgehead atoms. The Bertz CT molecular complexity index is 334. The second-order valence-corrected chi connectivity index (χ2v) is 6.77. The number of aliphatic hydroxyl groups excluding tert-OH is 2. The maximum atomic E-state index is 11.9. The van der Waals surface area contributed by atoms with Crippen LogP contribution in [0.1, 0.15) is 53.4 Å². The maximum absolute atomic E-state index is 11.9. The van der Waals surface area contributed by atoms with E-state index in [1.165, 1.54) is 0 Å². The summed E-state index contributed by atoms with van der Waals surface area (Å²) in [4.78, 5) is 13.6. The van der Waals surface area contributed by atoms with Crippen LogP contribution in [0.4, 0.5) is 4.79 Å². The maximum Gasteiger partial charge on any atom is 0.315 e. The van der Waals surface area contributed by atoms with Crippen LogP contribution in [-0.4, -0.2) is 45.4 Å². The molecule has 0 aromatic rings. The lowest BCUT2D eigenvalue weighted by Gasteiger charge is -2.62. The molecular weight excluding hydrogens is 244 g/mol. The Morgan fingerprint density at radius 1 is 1.11 bits per heavy atom. The highest BCUT2D eigenvalue weighted by atomic mass is 16.3. The number of carbonyl (C=O) groups excluding carboxylic acids is 1. The Morgan fingerprint density at radius 3 is 1.95 bits per heavy atom. The van der Waals surface area contributed by atoms with Gasteiger partial charge in [-0.15, -0.1) is 0 Å². The largest absolute Gasteiger partial charge is 0.396 e. The molecular formula is C14H28N2O3. The average molecular weight is 272 g/mol. The molecule has 0 aromatic carbocycles. The van der Waals surface area contributed by atoms with Gasteiger partial charge in [-0.05, 0) is 58.8 Å². The third kappa shape index (κ3) is 2.58. The minimum Gasteiger partial charge on any atom is -0.396 e. The molecule has 2 amide bonds. The first-order valence-electron chi connectivity index (χ1n) is 6.96. The topological polar surface area (TPSA) is 86.8 Å². The van der Waals surface area contributed by atoms with Gasteiger partial charge in [0.1, 0.15) is 0 Å². The highest BCUT2D eigenvalue weighted by Gasteiger charge is 2.56. The van der Waals surface area contributed by atoms with Crippen molar-refractivity contribution in [3.8, 4) is 0 Å². The summed E-state index contributed by atoms with van der Waals surface area (Å²) in [7, 11) is 0. The van der Waals surface area contributed by atoms with Crippen molar-refractivity contribution < 1.29 is 15.0 Å². The van der Waals surface area contributed by atoms with Crippen molar-refractivity contribution in [3.05, 3.63) is 0 Å². The molecule has 1 rings (SSSR count). The van der Waals surface area contributed by atoms with Crippen molar-refractivity contribution in [1.29, 1.82) is 0 Å². The fourth-order valence-electron chi connectivity index (χ4n) is 3.95. The van der Waals surface area contributed by atoms with Gasteiger partial charge in [0.15, 0.2) is 0 Å². The summed E-state index contributed by atoms with van der Waals surface area (Å²) in [6, 6.07) is -0.435. The van der Waals surface area contributed by atoms with Crippen molar-refractivity contribution >= 4 is 6.03 Å². The highest BCUT2D eigenvalue weighted by molar-refractivity contribution is 5.74. The van der Waals surface area contributed by atoms with Gasteiger partial charge in [-0.1, -0.05) is 0 Å². The molecule has 112 valence electrons. The second kappa shape index (κ2) is 5.29. The summed E-state index contributed by atoms with van der Waals surface area (Å²) < 4.78 is 0. The number of urea groups is 1. The number of nitrogens with two attached hydrogens (primary N) is 1. The van der Waals surface area contributed by atoms with Crippen LogP contribution < -0.4 is 5.73 Å². The zero-order valence-corrected chi connectivity index (χ0v) is 12.6. The SMILES string of the molecule is CC1(C)CCC(CCO)(CCO)C(C)(C)N1C(N)=O. The lowest BCUT2D eigenvalue weighted by molar-refractivity contribution is -0.103. The second-order valence-electron chi connectivity index (χ2n) is 6.77. The van der Waals surface area contributed by atoms with Gasteiger partial charge in [-0.2, -0.15) is 0 Å². The number of likely N-dealkylation sites (tertiary alicyclic amines) is 1. The van der Waals surface area contributed by atoms with Crippen LogP contribution in [-0.2, 0) is 0 Å². The predicted molar refractivity (Wildman–Crippen MR) is 74.7 cm³/mol. The number of rotatable bonds is 4. The molecule has 0 aromatic heterocycles. The molecule has 0 radical (unpaired) electrons. The highest BCUT2D eigenvalue weighted by Crippen LogP contribution is 2.53. The number of nitrogens with zero attached hydrogens (tertiary/aromatic N) is 1. The fourth-order valence-corrected chi connectivity index (χ4v) is 3.95. The molecule has 0 saturated carbocycles. The van der Waals surface area contributed by atoms with E-state index in [4.69, 9.17) is 5.73 Å². The molecule has 1 aliphatic rings. The first-order valence-corrected chi connectivity index (χ1v) is 6.96. The number of carbonyl (C=O) groups is 1. The van der Waals surface area contributed by atoms with Crippen molar-refractivity contribution in [2.24, 2.45) is 11.1 Å². The zero-order valence-electron chi connectivity index (χ0n) is 12.6. The van der Waals surface area contributed by atoms with Gasteiger partial charge in [0.2, 0.25) is 0 Å². The van der Waals surface area contributed by atoms with Gasteiger partial charge in [-0.25, -0.2) is 4.79 Å². The average Bonchev–Trinajstić information content (AvgIpc) is 2.23. The lowest BCUT2D eigenvalue weighted by Crippen LogP contribution is -2.70. The molecule has 4 N–H and O–H groups in total. The van der Waals surface area contributed by atoms with Crippen LogP contribution in [0.25, 0.3) is 0 Å². The quantitative estimate of drug-likeness (QED) is 0.724. The van der Waals surface area contributed by atoms with Gasteiger partial charge in [0.05, 0.1) is 0 Å². The summed E-state index contributed by atoms with van der Waals surface area (Å²) in [6.45, 7) is 8.11. The number of hydrogen-bond donors (Lipinski definition) is 3. The van der Waals surface area contributed by atoms with E-state index in [0.717, 1.165) is 12.8 Å².